The van der Waals surface area contributed by atoms with E-state index in [0.29, 0.717) is 18.1 Å². The van der Waals surface area contributed by atoms with Gasteiger partial charge in [-0.25, -0.2) is 0 Å². The van der Waals surface area contributed by atoms with E-state index < -0.39 is 0 Å². The van der Waals surface area contributed by atoms with Crippen LogP contribution in [0.2, 0.25) is 0 Å². The van der Waals surface area contributed by atoms with Crippen molar-refractivity contribution in [3.63, 3.8) is 0 Å². The monoisotopic (exact) mass is 163 g/mol. The highest BCUT2D eigenvalue weighted by Crippen LogP contribution is 2.30. The van der Waals surface area contributed by atoms with Crippen LogP contribution in [0.15, 0.2) is 24.5 Å². The molecule has 1 fully saturated rings. The van der Waals surface area contributed by atoms with E-state index in [1.807, 2.05) is 24.5 Å². The molecular formula is C10H13NO. The van der Waals surface area contributed by atoms with E-state index in [2.05, 4.69) is 4.57 Å². The molecule has 2 rings (SSSR count). The summed E-state index contributed by atoms with van der Waals surface area (Å²) in [4.78, 5) is 11.3. The first-order valence-electron chi connectivity index (χ1n) is 4.50. The molecule has 0 saturated heterocycles. The van der Waals surface area contributed by atoms with Gasteiger partial charge in [0.05, 0.1) is 0 Å². The molecule has 0 amide bonds. The molecule has 1 aliphatic rings. The number of Topliss-reactive ketones (excluding diaryl/α,β-unsaturated/α-hetero) is 1. The van der Waals surface area contributed by atoms with E-state index in [-0.39, 0.29) is 0 Å². The number of hydrogen-bond acceptors (Lipinski definition) is 1. The summed E-state index contributed by atoms with van der Waals surface area (Å²) in [5, 5.41) is 0. The molecule has 0 atom stereocenters. The predicted molar refractivity (Wildman–Crippen MR) is 46.8 cm³/mol. The van der Waals surface area contributed by atoms with Gasteiger partial charge in [-0.05, 0) is 25.0 Å². The van der Waals surface area contributed by atoms with Gasteiger partial charge in [-0.2, -0.15) is 0 Å². The Morgan fingerprint density at radius 3 is 2.58 bits per heavy atom. The highest BCUT2D eigenvalue weighted by molar-refractivity contribution is 5.82. The quantitative estimate of drug-likeness (QED) is 0.664. The van der Waals surface area contributed by atoms with Crippen molar-refractivity contribution in [1.82, 2.24) is 4.57 Å². The van der Waals surface area contributed by atoms with Gasteiger partial charge in [-0.15, -0.1) is 0 Å². The Bertz CT molecular complexity index is 259. The lowest BCUT2D eigenvalue weighted by Gasteiger charge is -2.00. The maximum atomic E-state index is 11.3. The van der Waals surface area contributed by atoms with Gasteiger partial charge in [0.2, 0.25) is 0 Å². The lowest BCUT2D eigenvalue weighted by Crippen LogP contribution is -2.05. The smallest absolute Gasteiger partial charge is 0.137 e. The summed E-state index contributed by atoms with van der Waals surface area (Å²) in [6.45, 7) is 0.850. The third kappa shape index (κ3) is 1.76. The Labute approximate surface area is 72.2 Å². The minimum Gasteiger partial charge on any atom is -0.354 e. The zero-order valence-electron chi connectivity index (χ0n) is 7.07. The summed E-state index contributed by atoms with van der Waals surface area (Å²) in [6, 6.07) is 3.98. The molecule has 2 nitrogen and oxygen atoms in total. The normalized spacial score (nSPS) is 16.3. The summed E-state index contributed by atoms with van der Waals surface area (Å²) < 4.78 is 2.06. The number of aryl methyl sites for hydroxylation is 1. The van der Waals surface area contributed by atoms with Gasteiger partial charge in [0.15, 0.2) is 0 Å². The molecule has 64 valence electrons. The van der Waals surface area contributed by atoms with Crippen molar-refractivity contribution in [2.45, 2.75) is 25.8 Å². The van der Waals surface area contributed by atoms with Gasteiger partial charge in [-0.1, -0.05) is 0 Å². The topological polar surface area (TPSA) is 22.0 Å². The Morgan fingerprint density at radius 1 is 1.33 bits per heavy atom. The molecule has 12 heavy (non-hydrogen) atoms. The maximum absolute atomic E-state index is 11.3. The zero-order valence-corrected chi connectivity index (χ0v) is 7.07. The molecule has 0 unspecified atom stereocenters. The molecule has 0 radical (unpaired) electrons. The van der Waals surface area contributed by atoms with Crippen LogP contribution in [0, 0.1) is 5.92 Å². The maximum Gasteiger partial charge on any atom is 0.137 e. The lowest BCUT2D eigenvalue weighted by molar-refractivity contribution is -0.120. The van der Waals surface area contributed by atoms with Crippen molar-refractivity contribution < 1.29 is 4.79 Å². The third-order valence-corrected chi connectivity index (χ3v) is 2.32. The summed E-state index contributed by atoms with van der Waals surface area (Å²) in [6.07, 6.45) is 6.97. The van der Waals surface area contributed by atoms with Crippen LogP contribution in [0.25, 0.3) is 0 Å². The zero-order chi connectivity index (χ0) is 8.39. The minimum atomic E-state index is 0.417. The molecule has 1 heterocycles. The summed E-state index contributed by atoms with van der Waals surface area (Å²) in [5.74, 6) is 0.865. The fraction of sp³-hybridized carbons (Fsp3) is 0.500. The van der Waals surface area contributed by atoms with Crippen LogP contribution < -0.4 is 0 Å². The van der Waals surface area contributed by atoms with Gasteiger partial charge >= 0.3 is 0 Å². The van der Waals surface area contributed by atoms with Gasteiger partial charge in [0.1, 0.15) is 5.78 Å². The first-order chi connectivity index (χ1) is 5.86. The van der Waals surface area contributed by atoms with E-state index in [1.165, 1.54) is 0 Å². The first-order valence-corrected chi connectivity index (χ1v) is 4.50. The molecule has 0 aromatic carbocycles. The minimum absolute atomic E-state index is 0.417. The van der Waals surface area contributed by atoms with E-state index in [0.717, 1.165) is 19.4 Å². The number of carbonyl (C=O) groups excluding carboxylic acids is 1. The molecular weight excluding hydrogens is 150 g/mol. The molecule has 1 aliphatic carbocycles. The Hall–Kier alpha value is -1.05. The second-order valence-electron chi connectivity index (χ2n) is 3.41. The Morgan fingerprint density at radius 2 is 2.00 bits per heavy atom. The number of carbonyl (C=O) groups is 1. The third-order valence-electron chi connectivity index (χ3n) is 2.32. The molecule has 0 bridgehead atoms. The van der Waals surface area contributed by atoms with E-state index >= 15 is 0 Å². The van der Waals surface area contributed by atoms with Gasteiger partial charge in [-0.3, -0.25) is 4.79 Å². The predicted octanol–water partition coefficient (Wildman–Crippen LogP) is 1.86. The summed E-state index contributed by atoms with van der Waals surface area (Å²) in [5.41, 5.74) is 0. The average Bonchev–Trinajstić information content (AvgIpc) is 2.80. The molecule has 0 aliphatic heterocycles. The molecule has 0 spiro atoms. The first kappa shape index (κ1) is 7.59. The summed E-state index contributed by atoms with van der Waals surface area (Å²) in [7, 11) is 0. The van der Waals surface area contributed by atoms with Crippen LogP contribution >= 0.6 is 0 Å². The molecule has 1 saturated carbocycles. The Balaban J connectivity index is 1.78. The number of ketones is 1. The second kappa shape index (κ2) is 3.13. The van der Waals surface area contributed by atoms with Crippen molar-refractivity contribution in [1.29, 1.82) is 0 Å². The molecule has 0 N–H and O–H groups in total. The molecule has 1 aromatic heterocycles. The van der Waals surface area contributed by atoms with Crippen molar-refractivity contribution >= 4 is 5.78 Å². The van der Waals surface area contributed by atoms with Crippen LogP contribution in [0.5, 0.6) is 0 Å². The highest BCUT2D eigenvalue weighted by atomic mass is 16.1. The fourth-order valence-corrected chi connectivity index (χ4v) is 1.37. The summed E-state index contributed by atoms with van der Waals surface area (Å²) >= 11 is 0. The lowest BCUT2D eigenvalue weighted by atomic mass is 10.2. The second-order valence-corrected chi connectivity index (χ2v) is 3.41. The van der Waals surface area contributed by atoms with Crippen LogP contribution in [-0.4, -0.2) is 10.4 Å². The van der Waals surface area contributed by atoms with Crippen molar-refractivity contribution in [2.24, 2.45) is 5.92 Å². The molecule has 2 heteroatoms. The van der Waals surface area contributed by atoms with Crippen LogP contribution in [-0.2, 0) is 11.3 Å². The van der Waals surface area contributed by atoms with Crippen LogP contribution in [0.4, 0.5) is 0 Å². The molecule has 1 aromatic rings. The van der Waals surface area contributed by atoms with Gasteiger partial charge in [0, 0.05) is 31.3 Å². The highest BCUT2D eigenvalue weighted by Gasteiger charge is 2.28. The van der Waals surface area contributed by atoms with Crippen molar-refractivity contribution in [3.05, 3.63) is 24.5 Å². The van der Waals surface area contributed by atoms with Crippen molar-refractivity contribution in [2.75, 3.05) is 0 Å². The largest absolute Gasteiger partial charge is 0.354 e. The van der Waals surface area contributed by atoms with E-state index in [1.54, 1.807) is 0 Å². The number of nitrogens with zero attached hydrogens (tertiary/aromatic N) is 1. The average molecular weight is 163 g/mol. The van der Waals surface area contributed by atoms with Crippen molar-refractivity contribution in [3.8, 4) is 0 Å². The fourth-order valence-electron chi connectivity index (χ4n) is 1.37. The SMILES string of the molecule is O=C(CCn1cccc1)C1CC1. The van der Waals surface area contributed by atoms with Gasteiger partial charge in [0.25, 0.3) is 0 Å². The van der Waals surface area contributed by atoms with Crippen LogP contribution in [0.3, 0.4) is 0 Å². The standard InChI is InChI=1S/C10H13NO/c12-10(9-3-4-9)5-8-11-6-1-2-7-11/h1-2,6-7,9H,3-5,8H2. The van der Waals surface area contributed by atoms with Crippen LogP contribution in [0.1, 0.15) is 19.3 Å². The number of aromatic nitrogens is 1. The number of hydrogen-bond donors (Lipinski definition) is 0. The Kier molecular flexibility index (Phi) is 1.98. The van der Waals surface area contributed by atoms with Gasteiger partial charge < -0.3 is 4.57 Å². The van der Waals surface area contributed by atoms with E-state index in [9.17, 15) is 4.79 Å². The van der Waals surface area contributed by atoms with E-state index in [4.69, 9.17) is 0 Å². The number of rotatable bonds is 4.